The molecule has 0 aliphatic carbocycles. The Hall–Kier alpha value is -0.430. The van der Waals surface area contributed by atoms with Gasteiger partial charge in [0.05, 0.1) is 18.1 Å². The van der Waals surface area contributed by atoms with Crippen LogP contribution in [0.3, 0.4) is 0 Å². The summed E-state index contributed by atoms with van der Waals surface area (Å²) >= 11 is 5.85. The molecule has 192 valence electrons. The van der Waals surface area contributed by atoms with Crippen LogP contribution in [-0.2, 0) is 23.6 Å². The first kappa shape index (κ1) is 30.6. The summed E-state index contributed by atoms with van der Waals surface area (Å²) in [6.07, 6.45) is 15.2. The Bertz CT molecular complexity index is 750. The summed E-state index contributed by atoms with van der Waals surface area (Å²) in [5.41, 5.74) is 0. The van der Waals surface area contributed by atoms with E-state index in [9.17, 15) is 13.0 Å². The summed E-state index contributed by atoms with van der Waals surface area (Å²) < 4.78 is 52.0. The molecule has 0 fully saturated rings. The van der Waals surface area contributed by atoms with Crippen LogP contribution in [0.5, 0.6) is 0 Å². The molecule has 0 unspecified atom stereocenters. The van der Waals surface area contributed by atoms with Crippen LogP contribution in [-0.4, -0.2) is 21.6 Å². The van der Waals surface area contributed by atoms with Crippen molar-refractivity contribution in [3.63, 3.8) is 0 Å². The molecular weight excluding hydrogens is 481 g/mol. The SMILES string of the molecule is CCCCCCCCCOP(=O)(NS(=O)(=O)c1ccc(Cl)cc1)OCCCCCCCCC. The van der Waals surface area contributed by atoms with Crippen LogP contribution in [0.15, 0.2) is 29.2 Å². The van der Waals surface area contributed by atoms with Crippen LogP contribution >= 0.6 is 19.3 Å². The van der Waals surface area contributed by atoms with E-state index in [1.165, 1.54) is 75.6 Å². The Morgan fingerprint density at radius 3 is 1.55 bits per heavy atom. The lowest BCUT2D eigenvalue weighted by Gasteiger charge is -2.19. The largest absolute Gasteiger partial charge is 0.419 e. The van der Waals surface area contributed by atoms with Gasteiger partial charge in [-0.3, -0.25) is 9.05 Å². The Balaban J connectivity index is 2.57. The van der Waals surface area contributed by atoms with Gasteiger partial charge >= 0.3 is 7.75 Å². The third kappa shape index (κ3) is 14.5. The van der Waals surface area contributed by atoms with E-state index in [1.54, 1.807) is 0 Å². The van der Waals surface area contributed by atoms with Crippen molar-refractivity contribution in [1.82, 2.24) is 4.49 Å². The van der Waals surface area contributed by atoms with Gasteiger partial charge < -0.3 is 0 Å². The van der Waals surface area contributed by atoms with Crippen LogP contribution in [0.25, 0.3) is 0 Å². The van der Waals surface area contributed by atoms with Crippen molar-refractivity contribution in [3.05, 3.63) is 29.3 Å². The predicted molar refractivity (Wildman–Crippen MR) is 137 cm³/mol. The summed E-state index contributed by atoms with van der Waals surface area (Å²) in [5.74, 6) is 0. The molecule has 0 bridgehead atoms. The zero-order valence-electron chi connectivity index (χ0n) is 20.4. The van der Waals surface area contributed by atoms with E-state index < -0.39 is 17.8 Å². The molecule has 1 aromatic rings. The second-order valence-corrected chi connectivity index (χ2v) is 12.6. The topological polar surface area (TPSA) is 81.7 Å². The fourth-order valence-electron chi connectivity index (χ4n) is 3.39. The molecule has 0 heterocycles. The highest BCUT2D eigenvalue weighted by Crippen LogP contribution is 2.46. The average molecular weight is 524 g/mol. The number of sulfonamides is 1. The Morgan fingerprint density at radius 1 is 0.727 bits per heavy atom. The van der Waals surface area contributed by atoms with Gasteiger partial charge in [-0.1, -0.05) is 102 Å². The first-order valence-corrected chi connectivity index (χ1v) is 15.9. The number of unbranched alkanes of at least 4 members (excludes halogenated alkanes) is 12. The van der Waals surface area contributed by atoms with Crippen LogP contribution < -0.4 is 4.49 Å². The smallest absolute Gasteiger partial charge is 0.296 e. The third-order valence-electron chi connectivity index (χ3n) is 5.37. The molecule has 1 rings (SSSR count). The number of halogens is 1. The van der Waals surface area contributed by atoms with E-state index in [2.05, 4.69) is 18.3 Å². The van der Waals surface area contributed by atoms with Crippen molar-refractivity contribution in [1.29, 1.82) is 0 Å². The second kappa shape index (κ2) is 17.9. The summed E-state index contributed by atoms with van der Waals surface area (Å²) in [7, 11) is -8.09. The fourth-order valence-corrected chi connectivity index (χ4v) is 6.85. The van der Waals surface area contributed by atoms with Crippen LogP contribution in [0.2, 0.25) is 5.02 Å². The van der Waals surface area contributed by atoms with Crippen LogP contribution in [0.1, 0.15) is 104 Å². The van der Waals surface area contributed by atoms with E-state index in [0.717, 1.165) is 25.7 Å². The first-order chi connectivity index (χ1) is 15.8. The van der Waals surface area contributed by atoms with E-state index in [1.807, 2.05) is 0 Å². The molecule has 0 radical (unpaired) electrons. The Kier molecular flexibility index (Phi) is 16.6. The normalized spacial score (nSPS) is 12.3. The van der Waals surface area contributed by atoms with Crippen LogP contribution in [0, 0.1) is 0 Å². The van der Waals surface area contributed by atoms with Crippen molar-refractivity contribution in [2.24, 2.45) is 0 Å². The van der Waals surface area contributed by atoms with Gasteiger partial charge in [-0.25, -0.2) is 13.0 Å². The van der Waals surface area contributed by atoms with E-state index >= 15 is 0 Å². The van der Waals surface area contributed by atoms with Crippen molar-refractivity contribution < 1.29 is 22.0 Å². The number of hydrogen-bond donors (Lipinski definition) is 1. The molecule has 0 aromatic heterocycles. The number of rotatable bonds is 21. The van der Waals surface area contributed by atoms with Crippen molar-refractivity contribution in [3.8, 4) is 0 Å². The van der Waals surface area contributed by atoms with E-state index in [-0.39, 0.29) is 18.1 Å². The highest BCUT2D eigenvalue weighted by molar-refractivity contribution is 7.94. The van der Waals surface area contributed by atoms with Crippen molar-refractivity contribution in [2.75, 3.05) is 13.2 Å². The van der Waals surface area contributed by atoms with Gasteiger partial charge in [0.1, 0.15) is 0 Å². The zero-order chi connectivity index (χ0) is 24.4. The molecule has 0 aliphatic rings. The average Bonchev–Trinajstić information content (AvgIpc) is 2.77. The molecule has 9 heteroatoms. The maximum absolute atomic E-state index is 13.3. The van der Waals surface area contributed by atoms with Gasteiger partial charge in [0.15, 0.2) is 0 Å². The molecule has 0 aliphatic heterocycles. The highest BCUT2D eigenvalue weighted by Gasteiger charge is 2.32. The minimum absolute atomic E-state index is 0.0360. The second-order valence-electron chi connectivity index (χ2n) is 8.46. The maximum atomic E-state index is 13.3. The molecule has 1 N–H and O–H groups in total. The molecular formula is C24H43ClNO5PS. The van der Waals surface area contributed by atoms with Gasteiger partial charge in [0, 0.05) is 5.02 Å². The molecule has 0 amide bonds. The first-order valence-electron chi connectivity index (χ1n) is 12.5. The lowest BCUT2D eigenvalue weighted by molar-refractivity contribution is 0.194. The number of hydrogen-bond acceptors (Lipinski definition) is 5. The van der Waals surface area contributed by atoms with Gasteiger partial charge in [-0.2, -0.15) is 0 Å². The fraction of sp³-hybridized carbons (Fsp3) is 0.750. The lowest BCUT2D eigenvalue weighted by Crippen LogP contribution is -2.24. The molecule has 0 atom stereocenters. The molecule has 1 aromatic carbocycles. The summed E-state index contributed by atoms with van der Waals surface area (Å²) in [6, 6.07) is 5.67. The van der Waals surface area contributed by atoms with Crippen molar-refractivity contribution in [2.45, 2.75) is 109 Å². The molecule has 0 spiro atoms. The van der Waals surface area contributed by atoms with Crippen molar-refractivity contribution >= 4 is 29.4 Å². The zero-order valence-corrected chi connectivity index (χ0v) is 22.9. The van der Waals surface area contributed by atoms with Gasteiger partial charge in [-0.15, -0.1) is 4.49 Å². The van der Waals surface area contributed by atoms with Gasteiger partial charge in [0.2, 0.25) is 10.0 Å². The van der Waals surface area contributed by atoms with Gasteiger partial charge in [-0.05, 0) is 37.1 Å². The monoisotopic (exact) mass is 523 g/mol. The summed E-state index contributed by atoms with van der Waals surface area (Å²) in [4.78, 5) is -0.0360. The maximum Gasteiger partial charge on any atom is 0.419 e. The Morgan fingerprint density at radius 2 is 1.12 bits per heavy atom. The quantitative estimate of drug-likeness (QED) is 0.129. The predicted octanol–water partition coefficient (Wildman–Crippen LogP) is 8.26. The third-order valence-corrected chi connectivity index (χ3v) is 9.42. The van der Waals surface area contributed by atoms with E-state index in [0.29, 0.717) is 17.9 Å². The molecule has 0 saturated heterocycles. The van der Waals surface area contributed by atoms with E-state index in [4.69, 9.17) is 20.6 Å². The standard InChI is InChI=1S/C24H43ClNO5PS/c1-3-5-7-9-11-13-15-21-30-32(27,31-22-16-14-12-10-8-6-4-2)26-33(28,29)24-19-17-23(25)18-20-24/h17-20H,3-16,21-22H2,1-2H3,(H,26,27). The summed E-state index contributed by atoms with van der Waals surface area (Å²) in [6.45, 7) is 4.74. The minimum atomic E-state index is -4.07. The number of nitrogens with one attached hydrogen (secondary N) is 1. The summed E-state index contributed by atoms with van der Waals surface area (Å²) in [5, 5.41) is 0.419. The minimum Gasteiger partial charge on any atom is -0.296 e. The molecule has 0 saturated carbocycles. The van der Waals surface area contributed by atoms with Crippen LogP contribution in [0.4, 0.5) is 0 Å². The Labute approximate surface area is 206 Å². The van der Waals surface area contributed by atoms with Gasteiger partial charge in [0.25, 0.3) is 0 Å². The number of benzene rings is 1. The molecule has 33 heavy (non-hydrogen) atoms. The highest BCUT2D eigenvalue weighted by atomic mass is 35.5. The molecule has 6 nitrogen and oxygen atoms in total. The lowest BCUT2D eigenvalue weighted by atomic mass is 10.1.